The largest absolute Gasteiger partial charge is 0.459 e. The van der Waals surface area contributed by atoms with Crippen LogP contribution in [0.4, 0.5) is 0 Å². The molecule has 3 rings (SSSR count). The molecule has 36 heavy (non-hydrogen) atoms. The highest BCUT2D eigenvalue weighted by atomic mass is 16.6. The normalized spacial score (nSPS) is 36.5. The lowest BCUT2D eigenvalue weighted by atomic mass is 9.72. The molecule has 2 saturated carbocycles. The first kappa shape index (κ1) is 29.8. The molecule has 0 spiro atoms. The number of ether oxygens (including phenoxy) is 5. The molecule has 0 bridgehead atoms. The number of aliphatic hydroxyl groups is 1. The van der Waals surface area contributed by atoms with Crippen LogP contribution in [0.2, 0.25) is 0 Å². The number of epoxide rings is 1. The Labute approximate surface area is 218 Å². The van der Waals surface area contributed by atoms with Crippen molar-refractivity contribution in [1.29, 1.82) is 0 Å². The van der Waals surface area contributed by atoms with Crippen LogP contribution in [0.3, 0.4) is 0 Å². The second-order valence-corrected chi connectivity index (χ2v) is 11.5. The average molecular weight is 513 g/mol. The van der Waals surface area contributed by atoms with Gasteiger partial charge >= 0.3 is 5.97 Å². The zero-order chi connectivity index (χ0) is 26.0. The van der Waals surface area contributed by atoms with E-state index in [0.717, 1.165) is 77.6 Å². The van der Waals surface area contributed by atoms with Gasteiger partial charge in [0.05, 0.1) is 30.5 Å². The van der Waals surface area contributed by atoms with Crippen LogP contribution in [0.25, 0.3) is 0 Å². The lowest BCUT2D eigenvalue weighted by Crippen LogP contribution is -2.54. The number of rotatable bonds is 16. The summed E-state index contributed by atoms with van der Waals surface area (Å²) in [6.07, 6.45) is 10.7. The van der Waals surface area contributed by atoms with Gasteiger partial charge < -0.3 is 28.8 Å². The Bertz CT molecular complexity index is 652. The van der Waals surface area contributed by atoms with Gasteiger partial charge in [0.25, 0.3) is 0 Å². The third-order valence-corrected chi connectivity index (χ3v) is 8.56. The van der Waals surface area contributed by atoms with Crippen molar-refractivity contribution < 1.29 is 33.6 Å². The van der Waals surface area contributed by atoms with Crippen LogP contribution < -0.4 is 0 Å². The molecule has 3 fully saturated rings. The molecule has 1 heterocycles. The molecule has 7 nitrogen and oxygen atoms in total. The van der Waals surface area contributed by atoms with E-state index in [-0.39, 0.29) is 29.9 Å². The molecular formula is C29H52O7. The van der Waals surface area contributed by atoms with Gasteiger partial charge in [-0.3, -0.25) is 4.79 Å². The van der Waals surface area contributed by atoms with Crippen molar-refractivity contribution in [2.75, 3.05) is 26.4 Å². The van der Waals surface area contributed by atoms with Crippen molar-refractivity contribution in [2.45, 2.75) is 147 Å². The Morgan fingerprint density at radius 3 is 2.36 bits per heavy atom. The highest BCUT2D eigenvalue weighted by Crippen LogP contribution is 2.48. The van der Waals surface area contributed by atoms with Gasteiger partial charge in [-0.1, -0.05) is 25.7 Å². The first-order valence-electron chi connectivity index (χ1n) is 14.7. The van der Waals surface area contributed by atoms with Crippen molar-refractivity contribution in [3.63, 3.8) is 0 Å². The number of hydrogen-bond donors (Lipinski definition) is 1. The van der Waals surface area contributed by atoms with E-state index in [4.69, 9.17) is 23.7 Å². The zero-order valence-corrected chi connectivity index (χ0v) is 23.3. The van der Waals surface area contributed by atoms with Crippen molar-refractivity contribution in [1.82, 2.24) is 0 Å². The summed E-state index contributed by atoms with van der Waals surface area (Å²) in [5, 5.41) is 10.8. The number of carbonyl (C=O) groups is 1. The Morgan fingerprint density at radius 2 is 1.69 bits per heavy atom. The number of carbonyl (C=O) groups excluding carboxylic acids is 1. The average Bonchev–Trinajstić information content (AvgIpc) is 3.60. The Kier molecular flexibility index (Phi) is 12.0. The van der Waals surface area contributed by atoms with E-state index in [2.05, 4.69) is 13.8 Å². The standard InChI is InChI=1S/C29H52O7/c1-5-32-18-12-10-8-7-9-11-13-27(31)35-26-19-22(29(4)21-34-29)16-17-28(26,3)36-25-15-14-23(33-6-2)20-24(25)30/h22-26,30H,5-21H2,1-4H3. The SMILES string of the molecule is CCOCCCCCCCCC(=O)OC1CC(C2(C)CO2)CCC1(C)OC1CCC(OCC)CC1O. The smallest absolute Gasteiger partial charge is 0.306 e. The second-order valence-electron chi connectivity index (χ2n) is 11.5. The second kappa shape index (κ2) is 14.4. The Hall–Kier alpha value is -0.730. The van der Waals surface area contributed by atoms with Crippen LogP contribution in [0.15, 0.2) is 0 Å². The predicted octanol–water partition coefficient (Wildman–Crippen LogP) is 5.35. The van der Waals surface area contributed by atoms with Crippen LogP contribution in [-0.2, 0) is 28.5 Å². The summed E-state index contributed by atoms with van der Waals surface area (Å²) in [6, 6.07) is 0. The van der Waals surface area contributed by atoms with E-state index in [1.54, 1.807) is 0 Å². The van der Waals surface area contributed by atoms with E-state index >= 15 is 0 Å². The number of aliphatic hydroxyl groups excluding tert-OH is 1. The number of esters is 1. The van der Waals surface area contributed by atoms with Gasteiger partial charge in [-0.2, -0.15) is 0 Å². The van der Waals surface area contributed by atoms with Gasteiger partial charge in [-0.25, -0.2) is 0 Å². The molecule has 210 valence electrons. The van der Waals surface area contributed by atoms with Crippen molar-refractivity contribution in [3.8, 4) is 0 Å². The molecule has 2 aliphatic carbocycles. The fraction of sp³-hybridized carbons (Fsp3) is 0.966. The highest BCUT2D eigenvalue weighted by Gasteiger charge is 2.54. The van der Waals surface area contributed by atoms with Gasteiger partial charge in [-0.15, -0.1) is 0 Å². The number of hydrogen-bond acceptors (Lipinski definition) is 7. The molecule has 1 aliphatic heterocycles. The highest BCUT2D eigenvalue weighted by molar-refractivity contribution is 5.69. The minimum Gasteiger partial charge on any atom is -0.459 e. The van der Waals surface area contributed by atoms with E-state index < -0.39 is 11.7 Å². The summed E-state index contributed by atoms with van der Waals surface area (Å²) >= 11 is 0. The number of unbranched alkanes of at least 4 members (excludes halogenated alkanes) is 5. The molecule has 0 amide bonds. The quantitative estimate of drug-likeness (QED) is 0.169. The third kappa shape index (κ3) is 8.93. The van der Waals surface area contributed by atoms with Gasteiger partial charge in [0.15, 0.2) is 0 Å². The lowest BCUT2D eigenvalue weighted by Gasteiger charge is -2.47. The maximum atomic E-state index is 12.9. The van der Waals surface area contributed by atoms with E-state index in [1.165, 1.54) is 12.8 Å². The van der Waals surface area contributed by atoms with Gasteiger partial charge in [0.1, 0.15) is 11.7 Å². The molecule has 3 aliphatic rings. The summed E-state index contributed by atoms with van der Waals surface area (Å²) in [6.45, 7) is 11.3. The molecule has 1 N–H and O–H groups in total. The van der Waals surface area contributed by atoms with E-state index in [9.17, 15) is 9.90 Å². The zero-order valence-electron chi connectivity index (χ0n) is 23.3. The van der Waals surface area contributed by atoms with Gasteiger partial charge in [-0.05, 0) is 78.6 Å². The summed E-state index contributed by atoms with van der Waals surface area (Å²) in [7, 11) is 0. The molecule has 0 radical (unpaired) electrons. The van der Waals surface area contributed by atoms with Crippen LogP contribution in [0, 0.1) is 5.92 Å². The minimum atomic E-state index is -0.595. The molecule has 0 aromatic carbocycles. The molecule has 0 aromatic rings. The maximum absolute atomic E-state index is 12.9. The summed E-state index contributed by atoms with van der Waals surface area (Å²) in [4.78, 5) is 12.9. The first-order valence-corrected chi connectivity index (χ1v) is 14.7. The van der Waals surface area contributed by atoms with E-state index in [0.29, 0.717) is 25.4 Å². The molecular weight excluding hydrogens is 460 g/mol. The maximum Gasteiger partial charge on any atom is 0.306 e. The first-order chi connectivity index (χ1) is 17.3. The summed E-state index contributed by atoms with van der Waals surface area (Å²) < 4.78 is 29.6. The molecule has 0 aromatic heterocycles. The molecule has 7 atom stereocenters. The fourth-order valence-electron chi connectivity index (χ4n) is 5.95. The van der Waals surface area contributed by atoms with Crippen molar-refractivity contribution >= 4 is 5.97 Å². The monoisotopic (exact) mass is 512 g/mol. The molecule has 1 saturated heterocycles. The Balaban J connectivity index is 1.47. The minimum absolute atomic E-state index is 0.0940. The van der Waals surface area contributed by atoms with Crippen molar-refractivity contribution in [2.24, 2.45) is 5.92 Å². The summed E-state index contributed by atoms with van der Waals surface area (Å²) in [5.41, 5.74) is -0.689. The van der Waals surface area contributed by atoms with Crippen LogP contribution in [0.5, 0.6) is 0 Å². The van der Waals surface area contributed by atoms with Crippen molar-refractivity contribution in [3.05, 3.63) is 0 Å². The lowest BCUT2D eigenvalue weighted by molar-refractivity contribution is -0.220. The fourth-order valence-corrected chi connectivity index (χ4v) is 5.95. The van der Waals surface area contributed by atoms with Crippen LogP contribution in [0.1, 0.15) is 111 Å². The summed E-state index contributed by atoms with van der Waals surface area (Å²) in [5.74, 6) is 0.233. The van der Waals surface area contributed by atoms with Crippen LogP contribution >= 0.6 is 0 Å². The Morgan fingerprint density at radius 1 is 0.972 bits per heavy atom. The van der Waals surface area contributed by atoms with E-state index in [1.807, 2.05) is 13.8 Å². The third-order valence-electron chi connectivity index (χ3n) is 8.56. The van der Waals surface area contributed by atoms with Gasteiger partial charge in [0.2, 0.25) is 0 Å². The topological polar surface area (TPSA) is 86.8 Å². The molecule has 7 unspecified atom stereocenters. The predicted molar refractivity (Wildman–Crippen MR) is 139 cm³/mol. The van der Waals surface area contributed by atoms with Gasteiger partial charge in [0, 0.05) is 32.7 Å². The molecule has 7 heteroatoms. The van der Waals surface area contributed by atoms with Crippen LogP contribution in [-0.4, -0.2) is 73.1 Å².